The molecule has 0 heterocycles. The van der Waals surface area contributed by atoms with Crippen LogP contribution in [0.1, 0.15) is 335 Å². The summed E-state index contributed by atoms with van der Waals surface area (Å²) < 4.78 is 5.50. The fourth-order valence-electron chi connectivity index (χ4n) is 9.57. The molecule has 1 amide bonds. The molecule has 0 spiro atoms. The van der Waals surface area contributed by atoms with Gasteiger partial charge >= 0.3 is 5.97 Å². The number of aliphatic hydroxyl groups excluding tert-OH is 2. The van der Waals surface area contributed by atoms with Gasteiger partial charge in [0.15, 0.2) is 0 Å². The molecule has 0 aliphatic rings. The Morgan fingerprint density at radius 2 is 0.671 bits per heavy atom. The molecule has 0 aliphatic carbocycles. The van der Waals surface area contributed by atoms with Crippen molar-refractivity contribution in [2.24, 2.45) is 0 Å². The SMILES string of the molecule is CCCCCCCCC/C=C\CCCCCCCCCC(=O)OCCCCCCCCCCCCCC/C=C\CCCCCCCCCCC(=O)NC(CO)C(O)/C=C/CCCCCCCCCCC. The zero-order chi connectivity index (χ0) is 50.7. The molecule has 0 saturated heterocycles. The fourth-order valence-corrected chi connectivity index (χ4v) is 9.57. The first-order valence-electron chi connectivity index (χ1n) is 31.3. The van der Waals surface area contributed by atoms with Crippen molar-refractivity contribution in [3.05, 3.63) is 36.5 Å². The highest BCUT2D eigenvalue weighted by molar-refractivity contribution is 5.76. The second-order valence-corrected chi connectivity index (χ2v) is 21.4. The van der Waals surface area contributed by atoms with Crippen LogP contribution in [0.4, 0.5) is 0 Å². The zero-order valence-corrected chi connectivity index (χ0v) is 47.0. The van der Waals surface area contributed by atoms with Crippen LogP contribution >= 0.6 is 0 Å². The predicted molar refractivity (Wildman–Crippen MR) is 306 cm³/mol. The third kappa shape index (κ3) is 55.4. The van der Waals surface area contributed by atoms with Crippen molar-refractivity contribution in [3.63, 3.8) is 0 Å². The number of hydrogen-bond donors (Lipinski definition) is 3. The van der Waals surface area contributed by atoms with Crippen LogP contribution in [0.15, 0.2) is 36.5 Å². The number of hydrogen-bond acceptors (Lipinski definition) is 5. The lowest BCUT2D eigenvalue weighted by Gasteiger charge is -2.20. The van der Waals surface area contributed by atoms with Gasteiger partial charge in [0.25, 0.3) is 0 Å². The van der Waals surface area contributed by atoms with Gasteiger partial charge in [0.2, 0.25) is 5.91 Å². The van der Waals surface area contributed by atoms with E-state index in [4.69, 9.17) is 4.74 Å². The number of esters is 1. The average molecular weight is 985 g/mol. The molecular formula is C64H121NO5. The van der Waals surface area contributed by atoms with Crippen molar-refractivity contribution >= 4 is 11.9 Å². The summed E-state index contributed by atoms with van der Waals surface area (Å²) in [6.07, 6.45) is 74.8. The Balaban J connectivity index is 3.39. The van der Waals surface area contributed by atoms with E-state index in [1.807, 2.05) is 6.08 Å². The molecule has 6 heteroatoms. The minimum Gasteiger partial charge on any atom is -0.466 e. The molecule has 0 aliphatic heterocycles. The van der Waals surface area contributed by atoms with Gasteiger partial charge in [0.1, 0.15) is 0 Å². The predicted octanol–water partition coefficient (Wildman–Crippen LogP) is 19.6. The van der Waals surface area contributed by atoms with Crippen LogP contribution in [0, 0.1) is 0 Å². The molecule has 3 N–H and O–H groups in total. The van der Waals surface area contributed by atoms with Gasteiger partial charge in [-0.1, -0.05) is 275 Å². The lowest BCUT2D eigenvalue weighted by molar-refractivity contribution is -0.143. The number of carbonyl (C=O) groups is 2. The molecule has 0 saturated carbocycles. The summed E-state index contributed by atoms with van der Waals surface area (Å²) in [6.45, 7) is 4.90. The lowest BCUT2D eigenvalue weighted by Crippen LogP contribution is -2.45. The minimum absolute atomic E-state index is 0.00905. The molecule has 0 aromatic rings. The maximum Gasteiger partial charge on any atom is 0.305 e. The Morgan fingerprint density at radius 1 is 0.386 bits per heavy atom. The van der Waals surface area contributed by atoms with E-state index in [1.165, 1.54) is 263 Å². The Labute approximate surface area is 436 Å². The molecule has 0 aromatic carbocycles. The highest BCUT2D eigenvalue weighted by atomic mass is 16.5. The average Bonchev–Trinajstić information content (AvgIpc) is 3.36. The first-order valence-corrected chi connectivity index (χ1v) is 31.3. The monoisotopic (exact) mass is 984 g/mol. The highest BCUT2D eigenvalue weighted by Gasteiger charge is 2.18. The van der Waals surface area contributed by atoms with Gasteiger partial charge in [0.05, 0.1) is 25.4 Å². The van der Waals surface area contributed by atoms with Crippen LogP contribution < -0.4 is 5.32 Å². The number of nitrogens with one attached hydrogen (secondary N) is 1. The Bertz CT molecular complexity index is 1130. The number of ether oxygens (including phenoxy) is 1. The summed E-state index contributed by atoms with van der Waals surface area (Å²) in [5.41, 5.74) is 0. The topological polar surface area (TPSA) is 95.9 Å². The van der Waals surface area contributed by atoms with E-state index in [0.717, 1.165) is 44.9 Å². The summed E-state index contributed by atoms with van der Waals surface area (Å²) in [6, 6.07) is -0.630. The Kier molecular flexibility index (Phi) is 58.0. The van der Waals surface area contributed by atoms with Crippen LogP contribution in [-0.2, 0) is 14.3 Å². The van der Waals surface area contributed by atoms with Crippen LogP contribution in [-0.4, -0.2) is 47.4 Å². The number of aliphatic hydroxyl groups is 2. The fraction of sp³-hybridized carbons (Fsp3) is 0.875. The van der Waals surface area contributed by atoms with E-state index >= 15 is 0 Å². The van der Waals surface area contributed by atoms with E-state index in [2.05, 4.69) is 43.5 Å². The minimum atomic E-state index is -0.846. The van der Waals surface area contributed by atoms with Gasteiger partial charge in [0, 0.05) is 12.8 Å². The molecule has 0 aromatic heterocycles. The third-order valence-electron chi connectivity index (χ3n) is 14.4. The summed E-state index contributed by atoms with van der Waals surface area (Å²) in [5, 5.41) is 23.0. The maximum absolute atomic E-state index is 12.4. The van der Waals surface area contributed by atoms with Crippen molar-refractivity contribution in [1.82, 2.24) is 5.32 Å². The largest absolute Gasteiger partial charge is 0.466 e. The van der Waals surface area contributed by atoms with Crippen LogP contribution in [0.25, 0.3) is 0 Å². The molecule has 0 bridgehead atoms. The van der Waals surface area contributed by atoms with E-state index in [-0.39, 0.29) is 18.5 Å². The first kappa shape index (κ1) is 68.1. The number of rotatable bonds is 58. The van der Waals surface area contributed by atoms with Crippen LogP contribution in [0.5, 0.6) is 0 Å². The van der Waals surface area contributed by atoms with Crippen molar-refractivity contribution in [2.75, 3.05) is 13.2 Å². The molecule has 6 nitrogen and oxygen atoms in total. The molecule has 412 valence electrons. The Hall–Kier alpha value is -1.92. The van der Waals surface area contributed by atoms with Crippen molar-refractivity contribution in [2.45, 2.75) is 347 Å². The molecule has 2 unspecified atom stereocenters. The van der Waals surface area contributed by atoms with Crippen LogP contribution in [0.3, 0.4) is 0 Å². The number of carbonyl (C=O) groups excluding carboxylic acids is 2. The van der Waals surface area contributed by atoms with Gasteiger partial charge < -0.3 is 20.3 Å². The smallest absolute Gasteiger partial charge is 0.305 e. The molecule has 70 heavy (non-hydrogen) atoms. The first-order chi connectivity index (χ1) is 34.5. The zero-order valence-electron chi connectivity index (χ0n) is 47.0. The van der Waals surface area contributed by atoms with Crippen molar-refractivity contribution in [1.29, 1.82) is 0 Å². The van der Waals surface area contributed by atoms with Crippen LogP contribution in [0.2, 0.25) is 0 Å². The maximum atomic E-state index is 12.4. The van der Waals surface area contributed by atoms with Crippen molar-refractivity contribution in [3.8, 4) is 0 Å². The molecule has 0 radical (unpaired) electrons. The summed E-state index contributed by atoms with van der Waals surface area (Å²) in [7, 11) is 0. The molecule has 2 atom stereocenters. The Morgan fingerprint density at radius 3 is 1.01 bits per heavy atom. The third-order valence-corrected chi connectivity index (χ3v) is 14.4. The molecule has 0 fully saturated rings. The lowest BCUT2D eigenvalue weighted by atomic mass is 10.0. The van der Waals surface area contributed by atoms with Crippen molar-refractivity contribution < 1.29 is 24.5 Å². The summed E-state index contributed by atoms with van der Waals surface area (Å²) in [5.74, 6) is -0.0644. The summed E-state index contributed by atoms with van der Waals surface area (Å²) in [4.78, 5) is 24.5. The van der Waals surface area contributed by atoms with Gasteiger partial charge in [-0.3, -0.25) is 9.59 Å². The van der Waals surface area contributed by atoms with E-state index < -0.39 is 12.1 Å². The van der Waals surface area contributed by atoms with Gasteiger partial charge in [-0.05, 0) is 83.5 Å². The highest BCUT2D eigenvalue weighted by Crippen LogP contribution is 2.17. The standard InChI is InChI=1S/C64H121NO5/c1-3-5-7-9-11-13-15-16-17-18-28-31-34-38-42-46-50-54-58-64(69)70-59-55-51-47-43-39-35-32-29-26-24-22-20-19-21-23-25-27-30-33-37-41-45-49-53-57-63(68)65-61(60-66)62(67)56-52-48-44-40-36-14-12-10-8-6-4-2/h17-18,21,23,52,56,61-62,66-67H,3-16,19-20,22,24-51,53-55,57-60H2,1-2H3,(H,65,68)/b18-17-,23-21-,56-52+. The number of unbranched alkanes of at least 4 members (excludes halogenated alkanes) is 43. The normalized spacial score (nSPS) is 12.8. The van der Waals surface area contributed by atoms with E-state index in [1.54, 1.807) is 6.08 Å². The second kappa shape index (κ2) is 59.6. The summed E-state index contributed by atoms with van der Waals surface area (Å²) >= 11 is 0. The van der Waals surface area contributed by atoms with Gasteiger partial charge in [-0.25, -0.2) is 0 Å². The van der Waals surface area contributed by atoms with Gasteiger partial charge in [-0.15, -0.1) is 0 Å². The number of amides is 1. The molecular weight excluding hydrogens is 863 g/mol. The quantitative estimate of drug-likeness (QED) is 0.0321. The van der Waals surface area contributed by atoms with Gasteiger partial charge in [-0.2, -0.15) is 0 Å². The van der Waals surface area contributed by atoms with E-state index in [0.29, 0.717) is 19.4 Å². The number of allylic oxidation sites excluding steroid dienone is 5. The second-order valence-electron chi connectivity index (χ2n) is 21.4. The van der Waals surface area contributed by atoms with E-state index in [9.17, 15) is 19.8 Å². The molecule has 0 rings (SSSR count).